The van der Waals surface area contributed by atoms with E-state index in [1.807, 2.05) is 11.0 Å². The van der Waals surface area contributed by atoms with Crippen molar-refractivity contribution in [1.29, 1.82) is 0 Å². The summed E-state index contributed by atoms with van der Waals surface area (Å²) in [7, 11) is 0. The van der Waals surface area contributed by atoms with Gasteiger partial charge in [0.15, 0.2) is 0 Å². The second-order valence-electron chi connectivity index (χ2n) is 7.70. The lowest BCUT2D eigenvalue weighted by molar-refractivity contribution is -0.132. The topological polar surface area (TPSA) is 52.7 Å². The lowest BCUT2D eigenvalue weighted by Crippen LogP contribution is -2.40. The van der Waals surface area contributed by atoms with Crippen LogP contribution in [0, 0.1) is 5.92 Å². The summed E-state index contributed by atoms with van der Waals surface area (Å²) in [6, 6.07) is 8.64. The van der Waals surface area contributed by atoms with Crippen LogP contribution in [0.3, 0.4) is 0 Å². The molecule has 0 aromatic heterocycles. The molecule has 1 aromatic carbocycles. The van der Waals surface area contributed by atoms with Gasteiger partial charge in [0.1, 0.15) is 0 Å². The molecule has 1 saturated heterocycles. The molecular weight excluding hydrogens is 326 g/mol. The Labute approximate surface area is 156 Å². The van der Waals surface area contributed by atoms with Gasteiger partial charge in [0.2, 0.25) is 11.8 Å². The molecule has 1 aromatic rings. The summed E-state index contributed by atoms with van der Waals surface area (Å²) >= 11 is 0. The minimum Gasteiger partial charge on any atom is -0.352 e. The summed E-state index contributed by atoms with van der Waals surface area (Å²) in [4.78, 5) is 28.4. The van der Waals surface area contributed by atoms with E-state index in [4.69, 9.17) is 0 Å². The van der Waals surface area contributed by atoms with Crippen molar-refractivity contribution in [3.63, 3.8) is 0 Å². The lowest BCUT2D eigenvalue weighted by Gasteiger charge is -2.29. The number of carbonyl (C=O) groups is 2. The Morgan fingerprint density at radius 1 is 1.19 bits per heavy atom. The molecule has 2 unspecified atom stereocenters. The van der Waals surface area contributed by atoms with Crippen LogP contribution >= 0.6 is 0 Å². The first kappa shape index (κ1) is 18.9. The first-order chi connectivity index (χ1) is 12.6. The lowest BCUT2D eigenvalue weighted by atomic mass is 9.98. The van der Waals surface area contributed by atoms with Gasteiger partial charge in [-0.05, 0) is 29.9 Å². The van der Waals surface area contributed by atoms with Gasteiger partial charge in [-0.1, -0.05) is 37.6 Å². The molecule has 0 aliphatic carbocycles. The number of rotatable bonds is 6. The highest BCUT2D eigenvalue weighted by atomic mass is 16.2. The standard InChI is InChI=1S/C21H31N3O2/c1-3-6-19-13-23(15-20(19)22-16(2)25)11-10-21(26)24-12-9-17-7-4-5-8-18(17)14-24/h4-5,7-8,19-20H,3,6,9-15H2,1-2H3,(H,22,25). The maximum atomic E-state index is 12.7. The molecule has 2 aliphatic heterocycles. The number of hydrogen-bond acceptors (Lipinski definition) is 3. The maximum absolute atomic E-state index is 12.7. The normalized spacial score (nSPS) is 22.9. The fourth-order valence-corrected chi connectivity index (χ4v) is 4.35. The molecular formula is C21H31N3O2. The van der Waals surface area contributed by atoms with Crippen molar-refractivity contribution in [2.24, 2.45) is 5.92 Å². The fraction of sp³-hybridized carbons (Fsp3) is 0.619. The van der Waals surface area contributed by atoms with Crippen molar-refractivity contribution in [1.82, 2.24) is 15.1 Å². The Morgan fingerprint density at radius 2 is 1.96 bits per heavy atom. The number of hydrogen-bond donors (Lipinski definition) is 1. The smallest absolute Gasteiger partial charge is 0.224 e. The second kappa shape index (κ2) is 8.67. The number of nitrogens with one attached hydrogen (secondary N) is 1. The number of benzene rings is 1. The molecule has 1 N–H and O–H groups in total. The Bertz CT molecular complexity index is 646. The zero-order valence-electron chi connectivity index (χ0n) is 16.0. The monoisotopic (exact) mass is 357 g/mol. The SMILES string of the molecule is CCCC1CN(CCC(=O)N2CCc3ccccc3C2)CC1NC(C)=O. The summed E-state index contributed by atoms with van der Waals surface area (Å²) in [5, 5.41) is 3.09. The third kappa shape index (κ3) is 4.64. The van der Waals surface area contributed by atoms with Crippen LogP contribution in [0.15, 0.2) is 24.3 Å². The van der Waals surface area contributed by atoms with Gasteiger partial charge in [0.25, 0.3) is 0 Å². The summed E-state index contributed by atoms with van der Waals surface area (Å²) in [6.45, 7) is 7.96. The molecule has 26 heavy (non-hydrogen) atoms. The number of likely N-dealkylation sites (tertiary alicyclic amines) is 1. The van der Waals surface area contributed by atoms with Gasteiger partial charge in [-0.25, -0.2) is 0 Å². The van der Waals surface area contributed by atoms with Crippen LogP contribution in [0.1, 0.15) is 44.2 Å². The average molecular weight is 357 g/mol. The van der Waals surface area contributed by atoms with E-state index in [0.29, 0.717) is 12.3 Å². The zero-order chi connectivity index (χ0) is 18.5. The molecule has 3 rings (SSSR count). The quantitative estimate of drug-likeness (QED) is 0.849. The van der Waals surface area contributed by atoms with Gasteiger partial charge in [-0.3, -0.25) is 9.59 Å². The van der Waals surface area contributed by atoms with Crippen LogP contribution in [0.2, 0.25) is 0 Å². The highest BCUT2D eigenvalue weighted by Crippen LogP contribution is 2.23. The van der Waals surface area contributed by atoms with Crippen LogP contribution in [-0.2, 0) is 22.6 Å². The van der Waals surface area contributed by atoms with E-state index >= 15 is 0 Å². The van der Waals surface area contributed by atoms with Crippen LogP contribution in [0.25, 0.3) is 0 Å². The molecule has 5 nitrogen and oxygen atoms in total. The summed E-state index contributed by atoms with van der Waals surface area (Å²) in [5.41, 5.74) is 2.65. The highest BCUT2D eigenvalue weighted by Gasteiger charge is 2.32. The van der Waals surface area contributed by atoms with Gasteiger partial charge in [0.05, 0.1) is 0 Å². The van der Waals surface area contributed by atoms with Crippen LogP contribution < -0.4 is 5.32 Å². The van der Waals surface area contributed by atoms with Gasteiger partial charge < -0.3 is 15.1 Å². The van der Waals surface area contributed by atoms with E-state index in [-0.39, 0.29) is 17.9 Å². The summed E-state index contributed by atoms with van der Waals surface area (Å²) in [5.74, 6) is 0.788. The zero-order valence-corrected chi connectivity index (χ0v) is 16.0. The minimum atomic E-state index is 0.0426. The van der Waals surface area contributed by atoms with Crippen molar-refractivity contribution in [3.8, 4) is 0 Å². The van der Waals surface area contributed by atoms with Gasteiger partial charge >= 0.3 is 0 Å². The predicted octanol–water partition coefficient (Wildman–Crippen LogP) is 2.20. The highest BCUT2D eigenvalue weighted by molar-refractivity contribution is 5.76. The molecule has 142 valence electrons. The third-order valence-corrected chi connectivity index (χ3v) is 5.69. The average Bonchev–Trinajstić information content (AvgIpc) is 3.00. The van der Waals surface area contributed by atoms with Crippen molar-refractivity contribution < 1.29 is 9.59 Å². The fourth-order valence-electron chi connectivity index (χ4n) is 4.35. The van der Waals surface area contributed by atoms with E-state index in [2.05, 4.69) is 35.3 Å². The van der Waals surface area contributed by atoms with Crippen molar-refractivity contribution in [2.45, 2.75) is 52.1 Å². The number of fused-ring (bicyclic) bond motifs is 1. The number of carbonyl (C=O) groups excluding carboxylic acids is 2. The van der Waals surface area contributed by atoms with E-state index < -0.39 is 0 Å². The van der Waals surface area contributed by atoms with E-state index in [9.17, 15) is 9.59 Å². The maximum Gasteiger partial charge on any atom is 0.224 e. The first-order valence-corrected chi connectivity index (χ1v) is 9.90. The van der Waals surface area contributed by atoms with Crippen molar-refractivity contribution >= 4 is 11.8 Å². The van der Waals surface area contributed by atoms with Crippen LogP contribution in [0.4, 0.5) is 0 Å². The molecule has 0 radical (unpaired) electrons. The molecule has 1 fully saturated rings. The Morgan fingerprint density at radius 3 is 2.69 bits per heavy atom. The Kier molecular flexibility index (Phi) is 6.30. The molecule has 0 spiro atoms. The van der Waals surface area contributed by atoms with E-state index in [1.54, 1.807) is 6.92 Å². The predicted molar refractivity (Wildman–Crippen MR) is 103 cm³/mol. The van der Waals surface area contributed by atoms with Gasteiger partial charge in [-0.15, -0.1) is 0 Å². The van der Waals surface area contributed by atoms with Crippen LogP contribution in [0.5, 0.6) is 0 Å². The van der Waals surface area contributed by atoms with E-state index in [0.717, 1.165) is 52.0 Å². The summed E-state index contributed by atoms with van der Waals surface area (Å²) < 4.78 is 0. The third-order valence-electron chi connectivity index (χ3n) is 5.69. The second-order valence-corrected chi connectivity index (χ2v) is 7.70. The van der Waals surface area contributed by atoms with E-state index in [1.165, 1.54) is 11.1 Å². The first-order valence-electron chi connectivity index (χ1n) is 9.90. The summed E-state index contributed by atoms with van der Waals surface area (Å²) in [6.07, 6.45) is 3.77. The molecule has 2 aliphatic rings. The van der Waals surface area contributed by atoms with Crippen LogP contribution in [-0.4, -0.2) is 53.8 Å². The van der Waals surface area contributed by atoms with Crippen molar-refractivity contribution in [3.05, 3.63) is 35.4 Å². The number of nitrogens with zero attached hydrogens (tertiary/aromatic N) is 2. The van der Waals surface area contributed by atoms with Crippen molar-refractivity contribution in [2.75, 3.05) is 26.2 Å². The van der Waals surface area contributed by atoms with Gasteiger partial charge in [-0.2, -0.15) is 0 Å². The van der Waals surface area contributed by atoms with Gasteiger partial charge in [0, 0.05) is 52.1 Å². The minimum absolute atomic E-state index is 0.0426. The molecule has 2 amide bonds. The molecule has 2 atom stereocenters. The molecule has 0 saturated carbocycles. The largest absolute Gasteiger partial charge is 0.352 e. The number of amides is 2. The molecule has 2 heterocycles. The molecule has 0 bridgehead atoms. The Hall–Kier alpha value is -1.88. The Balaban J connectivity index is 1.49. The molecule has 5 heteroatoms.